The number of ether oxygens (including phenoxy) is 1. The van der Waals surface area contributed by atoms with Gasteiger partial charge in [0.05, 0.1) is 5.25 Å². The summed E-state index contributed by atoms with van der Waals surface area (Å²) in [7, 11) is -3.39. The molecule has 2 rings (SSSR count). The normalized spacial score (nSPS) is 28.1. The van der Waals surface area contributed by atoms with Crippen LogP contribution in [0.5, 0.6) is 0 Å². The molecule has 1 atom stereocenters. The molecule has 0 aliphatic carbocycles. The molecule has 2 aliphatic rings. The number of amides is 1. The van der Waals surface area contributed by atoms with Crippen LogP contribution in [0.2, 0.25) is 0 Å². The number of carbonyl (C=O) groups excluding carboxylic acids is 1. The van der Waals surface area contributed by atoms with E-state index in [0.29, 0.717) is 45.6 Å². The molecule has 0 aromatic heterocycles. The minimum atomic E-state index is -3.39. The summed E-state index contributed by atoms with van der Waals surface area (Å²) in [5.41, 5.74) is 0. The number of piperazine rings is 1. The molecular formula is C11H20N2O4S. The fraction of sp³-hybridized carbons (Fsp3) is 0.909. The summed E-state index contributed by atoms with van der Waals surface area (Å²) in [5, 5.41) is 2.32. The summed E-state index contributed by atoms with van der Waals surface area (Å²) < 4.78 is 31.7. The molecule has 6 nitrogen and oxygen atoms in total. The molecule has 0 radical (unpaired) electrons. The monoisotopic (exact) mass is 276 g/mol. The number of sulfonamides is 1. The van der Waals surface area contributed by atoms with Crippen LogP contribution in [0.25, 0.3) is 0 Å². The number of carbonyl (C=O) groups is 1. The third-order valence-corrected chi connectivity index (χ3v) is 5.99. The number of rotatable bonds is 3. The Balaban J connectivity index is 2.19. The molecule has 104 valence electrons. The van der Waals surface area contributed by atoms with Crippen molar-refractivity contribution in [2.45, 2.75) is 37.5 Å². The Bertz CT molecular complexity index is 403. The van der Waals surface area contributed by atoms with Crippen molar-refractivity contribution in [2.24, 2.45) is 0 Å². The van der Waals surface area contributed by atoms with Gasteiger partial charge in [-0.05, 0) is 19.3 Å². The highest BCUT2D eigenvalue weighted by molar-refractivity contribution is 7.89. The van der Waals surface area contributed by atoms with Gasteiger partial charge in [-0.2, -0.15) is 4.31 Å². The van der Waals surface area contributed by atoms with Crippen LogP contribution in [-0.4, -0.2) is 56.2 Å². The van der Waals surface area contributed by atoms with Crippen LogP contribution < -0.4 is 5.32 Å². The molecule has 2 fully saturated rings. The third-order valence-electron chi connectivity index (χ3n) is 3.58. The molecule has 0 bridgehead atoms. The molecule has 2 aliphatic heterocycles. The predicted molar refractivity (Wildman–Crippen MR) is 66.6 cm³/mol. The second-order valence-electron chi connectivity index (χ2n) is 4.68. The summed E-state index contributed by atoms with van der Waals surface area (Å²) in [6.07, 6.45) is 1.56. The lowest BCUT2D eigenvalue weighted by Crippen LogP contribution is -2.58. The first-order valence-electron chi connectivity index (χ1n) is 6.43. The van der Waals surface area contributed by atoms with E-state index in [1.807, 2.05) is 6.92 Å². The quantitative estimate of drug-likeness (QED) is 0.768. The van der Waals surface area contributed by atoms with E-state index in [0.717, 1.165) is 0 Å². The summed E-state index contributed by atoms with van der Waals surface area (Å²) in [5.74, 6) is -0.181. The van der Waals surface area contributed by atoms with Crippen LogP contribution in [0.3, 0.4) is 0 Å². The van der Waals surface area contributed by atoms with Gasteiger partial charge in [0.1, 0.15) is 6.04 Å². The zero-order valence-corrected chi connectivity index (χ0v) is 11.4. The van der Waals surface area contributed by atoms with Gasteiger partial charge in [0.25, 0.3) is 0 Å². The number of hydrogen-bond donors (Lipinski definition) is 1. The van der Waals surface area contributed by atoms with Crippen molar-refractivity contribution in [3.8, 4) is 0 Å². The van der Waals surface area contributed by atoms with Gasteiger partial charge in [-0.15, -0.1) is 0 Å². The zero-order valence-electron chi connectivity index (χ0n) is 10.6. The Morgan fingerprint density at radius 3 is 2.67 bits per heavy atom. The third kappa shape index (κ3) is 2.53. The van der Waals surface area contributed by atoms with E-state index in [2.05, 4.69) is 5.32 Å². The topological polar surface area (TPSA) is 75.7 Å². The van der Waals surface area contributed by atoms with Crippen molar-refractivity contribution >= 4 is 15.9 Å². The highest BCUT2D eigenvalue weighted by Gasteiger charge is 2.40. The lowest BCUT2D eigenvalue weighted by molar-refractivity contribution is -0.126. The van der Waals surface area contributed by atoms with Crippen molar-refractivity contribution in [1.29, 1.82) is 0 Å². The van der Waals surface area contributed by atoms with E-state index in [1.165, 1.54) is 4.31 Å². The summed E-state index contributed by atoms with van der Waals surface area (Å²) in [6, 6.07) is -0.549. The van der Waals surface area contributed by atoms with Gasteiger partial charge < -0.3 is 10.1 Å². The van der Waals surface area contributed by atoms with Crippen molar-refractivity contribution in [3.63, 3.8) is 0 Å². The van der Waals surface area contributed by atoms with Crippen LogP contribution in [-0.2, 0) is 19.6 Å². The Morgan fingerprint density at radius 2 is 2.06 bits per heavy atom. The second-order valence-corrected chi connectivity index (χ2v) is 6.85. The first kappa shape index (κ1) is 13.8. The van der Waals surface area contributed by atoms with Crippen molar-refractivity contribution in [2.75, 3.05) is 26.3 Å². The average molecular weight is 276 g/mol. The van der Waals surface area contributed by atoms with E-state index >= 15 is 0 Å². The molecule has 1 N–H and O–H groups in total. The minimum absolute atomic E-state index is 0.181. The van der Waals surface area contributed by atoms with Gasteiger partial charge in [-0.25, -0.2) is 8.42 Å². The highest BCUT2D eigenvalue weighted by atomic mass is 32.2. The lowest BCUT2D eigenvalue weighted by Gasteiger charge is -2.36. The maximum absolute atomic E-state index is 12.5. The molecule has 7 heteroatoms. The van der Waals surface area contributed by atoms with Gasteiger partial charge >= 0.3 is 0 Å². The predicted octanol–water partition coefficient (Wildman–Crippen LogP) is -0.294. The summed E-state index contributed by atoms with van der Waals surface area (Å²) in [4.78, 5) is 11.7. The Kier molecular flexibility index (Phi) is 4.24. The van der Waals surface area contributed by atoms with E-state index in [9.17, 15) is 13.2 Å². The standard InChI is InChI=1S/C11H20N2O4S/c1-2-10-11(14)12-5-6-13(10)18(15,16)9-3-7-17-8-4-9/h9-10H,2-8H2,1H3,(H,12,14). The molecule has 1 unspecified atom stereocenters. The number of nitrogens with one attached hydrogen (secondary N) is 1. The Hall–Kier alpha value is -0.660. The molecule has 0 spiro atoms. The van der Waals surface area contributed by atoms with E-state index in [4.69, 9.17) is 4.74 Å². The average Bonchev–Trinajstić information content (AvgIpc) is 2.39. The maximum atomic E-state index is 12.5. The minimum Gasteiger partial charge on any atom is -0.381 e. The number of hydrogen-bond acceptors (Lipinski definition) is 4. The van der Waals surface area contributed by atoms with Crippen molar-refractivity contribution in [1.82, 2.24) is 9.62 Å². The molecule has 18 heavy (non-hydrogen) atoms. The fourth-order valence-corrected chi connectivity index (χ4v) is 4.67. The molecule has 2 saturated heterocycles. The van der Waals surface area contributed by atoms with Crippen LogP contribution in [0.4, 0.5) is 0 Å². The largest absolute Gasteiger partial charge is 0.381 e. The molecule has 0 aromatic carbocycles. The highest BCUT2D eigenvalue weighted by Crippen LogP contribution is 2.23. The molecule has 2 heterocycles. The van der Waals surface area contributed by atoms with E-state index < -0.39 is 21.3 Å². The first-order valence-corrected chi connectivity index (χ1v) is 7.93. The van der Waals surface area contributed by atoms with Gasteiger partial charge in [0.15, 0.2) is 0 Å². The molecule has 0 saturated carbocycles. The Morgan fingerprint density at radius 1 is 1.39 bits per heavy atom. The summed E-state index contributed by atoms with van der Waals surface area (Å²) >= 11 is 0. The molecule has 1 amide bonds. The van der Waals surface area contributed by atoms with Gasteiger partial charge in [-0.1, -0.05) is 6.92 Å². The Labute approximate surface area is 108 Å². The van der Waals surface area contributed by atoms with Crippen LogP contribution >= 0.6 is 0 Å². The smallest absolute Gasteiger partial charge is 0.238 e. The van der Waals surface area contributed by atoms with E-state index in [1.54, 1.807) is 0 Å². The lowest BCUT2D eigenvalue weighted by atomic mass is 10.2. The summed E-state index contributed by atoms with van der Waals surface area (Å²) in [6.45, 7) is 3.59. The first-order chi connectivity index (χ1) is 8.57. The van der Waals surface area contributed by atoms with E-state index in [-0.39, 0.29) is 5.91 Å². The zero-order chi connectivity index (χ0) is 13.2. The fourth-order valence-electron chi connectivity index (χ4n) is 2.55. The molecular weight excluding hydrogens is 256 g/mol. The maximum Gasteiger partial charge on any atom is 0.238 e. The van der Waals surface area contributed by atoms with Gasteiger partial charge in [0.2, 0.25) is 15.9 Å². The van der Waals surface area contributed by atoms with Crippen LogP contribution in [0, 0.1) is 0 Å². The van der Waals surface area contributed by atoms with Crippen molar-refractivity contribution in [3.05, 3.63) is 0 Å². The molecule has 0 aromatic rings. The van der Waals surface area contributed by atoms with Crippen molar-refractivity contribution < 1.29 is 17.9 Å². The number of nitrogens with zero attached hydrogens (tertiary/aromatic N) is 1. The van der Waals surface area contributed by atoms with Gasteiger partial charge in [-0.3, -0.25) is 4.79 Å². The van der Waals surface area contributed by atoms with Crippen LogP contribution in [0.1, 0.15) is 26.2 Å². The SMILES string of the molecule is CCC1C(=O)NCCN1S(=O)(=O)C1CCOCC1. The second kappa shape index (κ2) is 5.54. The van der Waals surface area contributed by atoms with Crippen LogP contribution in [0.15, 0.2) is 0 Å². The van der Waals surface area contributed by atoms with Gasteiger partial charge in [0, 0.05) is 26.3 Å².